The van der Waals surface area contributed by atoms with Crippen molar-refractivity contribution in [3.63, 3.8) is 0 Å². The average Bonchev–Trinajstić information content (AvgIpc) is 3.83. The summed E-state index contributed by atoms with van der Waals surface area (Å²) in [5, 5.41) is 10.5. The van der Waals surface area contributed by atoms with E-state index in [4.69, 9.17) is 0 Å². The molecule has 0 aliphatic rings. The second-order valence-corrected chi connectivity index (χ2v) is 14.3. The highest BCUT2D eigenvalue weighted by molar-refractivity contribution is 7.26. The number of fused-ring (bicyclic) bond motifs is 12. The van der Waals surface area contributed by atoms with E-state index >= 15 is 0 Å². The summed E-state index contributed by atoms with van der Waals surface area (Å²) in [5.41, 5.74) is 7.27. The number of hydrogen-bond donors (Lipinski definition) is 0. The largest absolute Gasteiger partial charge is 0.307 e. The van der Waals surface area contributed by atoms with Crippen LogP contribution in [0.25, 0.3) is 95.3 Å². The molecule has 0 spiro atoms. The molecule has 0 atom stereocenters. The molecule has 0 fully saturated rings. The standard InChI is InChI=1S/C42H24N2S2/c1-5-15-33-25(11-1)29-21-31-27-13-3-9-19-39(27)45-41(31)23-37(29)43(33)35-17-7-8-18-36(35)44-34-16-6-2-12-26(34)30-22-32-28-14-4-10-20-40(28)46-42(32)24-38(30)44/h1-24H. The summed E-state index contributed by atoms with van der Waals surface area (Å²) < 4.78 is 10.3. The fourth-order valence-corrected chi connectivity index (χ4v) is 9.98. The highest BCUT2D eigenvalue weighted by Gasteiger charge is 2.21. The minimum Gasteiger partial charge on any atom is -0.307 e. The van der Waals surface area contributed by atoms with E-state index in [-0.39, 0.29) is 0 Å². The lowest BCUT2D eigenvalue weighted by Gasteiger charge is -2.16. The molecule has 0 aliphatic carbocycles. The summed E-state index contributed by atoms with van der Waals surface area (Å²) >= 11 is 3.76. The molecule has 0 unspecified atom stereocenters. The van der Waals surface area contributed by atoms with Crippen molar-refractivity contribution >= 4 is 107 Å². The highest BCUT2D eigenvalue weighted by atomic mass is 32.1. The molecule has 11 rings (SSSR count). The maximum Gasteiger partial charge on any atom is 0.0702 e. The maximum absolute atomic E-state index is 2.49. The van der Waals surface area contributed by atoms with Gasteiger partial charge in [0.1, 0.15) is 0 Å². The van der Waals surface area contributed by atoms with Crippen molar-refractivity contribution in [3.8, 4) is 11.4 Å². The van der Waals surface area contributed by atoms with Crippen LogP contribution in [0.1, 0.15) is 0 Å². The Bertz CT molecular complexity index is 2830. The Morgan fingerprint density at radius 1 is 0.283 bits per heavy atom. The first-order valence-electron chi connectivity index (χ1n) is 15.6. The van der Waals surface area contributed by atoms with Gasteiger partial charge in [-0.25, -0.2) is 0 Å². The van der Waals surface area contributed by atoms with Crippen LogP contribution < -0.4 is 0 Å². The van der Waals surface area contributed by atoms with Crippen molar-refractivity contribution in [2.75, 3.05) is 0 Å². The van der Waals surface area contributed by atoms with Crippen molar-refractivity contribution in [3.05, 3.63) is 146 Å². The molecule has 0 amide bonds. The lowest BCUT2D eigenvalue weighted by atomic mass is 10.1. The smallest absolute Gasteiger partial charge is 0.0702 e. The SMILES string of the molecule is c1ccc(-n2c3ccccc3c3cc4c(cc32)sc2ccccc24)c(-n2c3ccccc3c3cc4c(cc32)sc2ccccc24)c1. The predicted octanol–water partition coefficient (Wildman–Crippen LogP) is 12.6. The highest BCUT2D eigenvalue weighted by Crippen LogP contribution is 2.44. The van der Waals surface area contributed by atoms with E-state index in [2.05, 4.69) is 155 Å². The number of benzene rings is 7. The topological polar surface area (TPSA) is 9.86 Å². The Hall–Kier alpha value is -5.42. The zero-order valence-corrected chi connectivity index (χ0v) is 26.2. The maximum atomic E-state index is 2.49. The first kappa shape index (κ1) is 24.8. The van der Waals surface area contributed by atoms with Gasteiger partial charge in [-0.15, -0.1) is 22.7 Å². The zero-order chi connectivity index (χ0) is 29.9. The zero-order valence-electron chi connectivity index (χ0n) is 24.6. The molecule has 214 valence electrons. The molecule has 7 aromatic carbocycles. The lowest BCUT2D eigenvalue weighted by Crippen LogP contribution is -2.03. The Kier molecular flexibility index (Phi) is 4.90. The average molecular weight is 621 g/mol. The van der Waals surface area contributed by atoms with Gasteiger partial charge in [-0.3, -0.25) is 0 Å². The summed E-state index contributed by atoms with van der Waals surface area (Å²) in [6.45, 7) is 0. The molecule has 0 bridgehead atoms. The monoisotopic (exact) mass is 620 g/mol. The van der Waals surface area contributed by atoms with E-state index in [0.717, 1.165) is 0 Å². The van der Waals surface area contributed by atoms with Gasteiger partial charge >= 0.3 is 0 Å². The molecular formula is C42H24N2S2. The number of aromatic nitrogens is 2. The molecule has 0 saturated carbocycles. The van der Waals surface area contributed by atoms with Crippen LogP contribution in [0.5, 0.6) is 0 Å². The van der Waals surface area contributed by atoms with E-state index in [1.54, 1.807) is 0 Å². The van der Waals surface area contributed by atoms with Crippen LogP contribution in [-0.4, -0.2) is 9.13 Å². The van der Waals surface area contributed by atoms with Crippen molar-refractivity contribution in [2.45, 2.75) is 0 Å². The molecule has 0 N–H and O–H groups in total. The van der Waals surface area contributed by atoms with E-state index < -0.39 is 0 Å². The molecule has 4 aromatic heterocycles. The molecule has 4 heterocycles. The van der Waals surface area contributed by atoms with Gasteiger partial charge in [0.05, 0.1) is 33.4 Å². The molecule has 0 saturated heterocycles. The van der Waals surface area contributed by atoms with Crippen LogP contribution >= 0.6 is 22.7 Å². The normalized spacial score (nSPS) is 12.3. The number of para-hydroxylation sites is 4. The quantitative estimate of drug-likeness (QED) is 0.182. The Morgan fingerprint density at radius 2 is 0.674 bits per heavy atom. The van der Waals surface area contributed by atoms with Crippen LogP contribution in [0.4, 0.5) is 0 Å². The minimum atomic E-state index is 1.17. The number of nitrogens with zero attached hydrogens (tertiary/aromatic N) is 2. The fourth-order valence-electron chi connectivity index (χ4n) is 7.74. The van der Waals surface area contributed by atoms with Gasteiger partial charge in [-0.2, -0.15) is 0 Å². The first-order valence-corrected chi connectivity index (χ1v) is 17.2. The van der Waals surface area contributed by atoms with E-state index in [1.807, 2.05) is 22.7 Å². The summed E-state index contributed by atoms with van der Waals surface area (Å²) in [7, 11) is 0. The second-order valence-electron chi connectivity index (χ2n) is 12.1. The van der Waals surface area contributed by atoms with Gasteiger partial charge < -0.3 is 9.13 Å². The third-order valence-corrected chi connectivity index (χ3v) is 12.0. The minimum absolute atomic E-state index is 1.17. The molecule has 0 aliphatic heterocycles. The van der Waals surface area contributed by atoms with Crippen molar-refractivity contribution in [1.29, 1.82) is 0 Å². The molecule has 0 radical (unpaired) electrons. The summed E-state index contributed by atoms with van der Waals surface area (Å²) in [6.07, 6.45) is 0. The van der Waals surface area contributed by atoms with Crippen molar-refractivity contribution < 1.29 is 0 Å². The second kappa shape index (κ2) is 9.07. The molecule has 2 nitrogen and oxygen atoms in total. The van der Waals surface area contributed by atoms with Gasteiger partial charge in [-0.1, -0.05) is 84.9 Å². The van der Waals surface area contributed by atoms with Gasteiger partial charge in [-0.05, 0) is 60.7 Å². The summed E-state index contributed by atoms with van der Waals surface area (Å²) in [4.78, 5) is 0. The Labute approximate surface area is 271 Å². The predicted molar refractivity (Wildman–Crippen MR) is 201 cm³/mol. The van der Waals surface area contributed by atoms with E-state index in [0.29, 0.717) is 0 Å². The number of hydrogen-bond acceptors (Lipinski definition) is 2. The van der Waals surface area contributed by atoms with E-state index in [1.165, 1.54) is 95.3 Å². The molecular weight excluding hydrogens is 597 g/mol. The van der Waals surface area contributed by atoms with Crippen LogP contribution in [0.15, 0.2) is 146 Å². The van der Waals surface area contributed by atoms with Gasteiger partial charge in [0, 0.05) is 61.9 Å². The first-order chi connectivity index (χ1) is 22.8. The summed E-state index contributed by atoms with van der Waals surface area (Å²) in [5.74, 6) is 0. The number of rotatable bonds is 2. The third-order valence-electron chi connectivity index (χ3n) is 9.71. The Balaban J connectivity index is 1.27. The van der Waals surface area contributed by atoms with Crippen molar-refractivity contribution in [1.82, 2.24) is 9.13 Å². The van der Waals surface area contributed by atoms with E-state index in [9.17, 15) is 0 Å². The van der Waals surface area contributed by atoms with Crippen LogP contribution in [-0.2, 0) is 0 Å². The molecule has 11 aromatic rings. The van der Waals surface area contributed by atoms with Crippen LogP contribution in [0.2, 0.25) is 0 Å². The summed E-state index contributed by atoms with van der Waals surface area (Å²) in [6, 6.07) is 53.9. The third kappa shape index (κ3) is 3.24. The number of thiophene rings is 2. The fraction of sp³-hybridized carbons (Fsp3) is 0. The van der Waals surface area contributed by atoms with Gasteiger partial charge in [0.15, 0.2) is 0 Å². The van der Waals surface area contributed by atoms with Crippen LogP contribution in [0, 0.1) is 0 Å². The van der Waals surface area contributed by atoms with Gasteiger partial charge in [0.2, 0.25) is 0 Å². The lowest BCUT2D eigenvalue weighted by molar-refractivity contribution is 1.10. The van der Waals surface area contributed by atoms with Crippen molar-refractivity contribution in [2.24, 2.45) is 0 Å². The van der Waals surface area contributed by atoms with Gasteiger partial charge in [0.25, 0.3) is 0 Å². The Morgan fingerprint density at radius 3 is 1.15 bits per heavy atom. The molecule has 46 heavy (non-hydrogen) atoms. The van der Waals surface area contributed by atoms with Crippen LogP contribution in [0.3, 0.4) is 0 Å². The molecule has 4 heteroatoms.